The lowest BCUT2D eigenvalue weighted by Crippen LogP contribution is -2.14. The number of methoxy groups -OCH3 is 1. The molecule has 0 bridgehead atoms. The fourth-order valence-corrected chi connectivity index (χ4v) is 2.09. The van der Waals surface area contributed by atoms with Crippen molar-refractivity contribution in [3.8, 4) is 5.88 Å². The number of amides is 1. The second-order valence-corrected chi connectivity index (χ2v) is 5.67. The van der Waals surface area contributed by atoms with E-state index in [4.69, 9.17) is 9.88 Å². The van der Waals surface area contributed by atoms with Gasteiger partial charge in [0.1, 0.15) is 0 Å². The van der Waals surface area contributed by atoms with E-state index in [0.29, 0.717) is 17.1 Å². The molecular formula is C13H13N3O4S. The largest absolute Gasteiger partial charge is 0.481 e. The van der Waals surface area contributed by atoms with E-state index in [2.05, 4.69) is 10.3 Å². The monoisotopic (exact) mass is 307 g/mol. The van der Waals surface area contributed by atoms with Gasteiger partial charge in [0.05, 0.1) is 23.9 Å². The molecule has 21 heavy (non-hydrogen) atoms. The zero-order valence-electron chi connectivity index (χ0n) is 11.1. The summed E-state index contributed by atoms with van der Waals surface area (Å²) in [5.74, 6) is 0.0495. The second-order valence-electron chi connectivity index (χ2n) is 4.11. The first-order valence-corrected chi connectivity index (χ1v) is 7.39. The number of carbonyl (C=O) groups excluding carboxylic acids is 1. The van der Waals surface area contributed by atoms with Crippen LogP contribution in [-0.4, -0.2) is 26.4 Å². The van der Waals surface area contributed by atoms with Gasteiger partial charge in [-0.15, -0.1) is 0 Å². The molecule has 0 aliphatic rings. The maximum Gasteiger partial charge on any atom is 0.255 e. The summed E-state index contributed by atoms with van der Waals surface area (Å²) >= 11 is 0. The number of nitrogens with one attached hydrogen (secondary N) is 1. The average molecular weight is 307 g/mol. The summed E-state index contributed by atoms with van der Waals surface area (Å²) < 4.78 is 27.2. The molecule has 0 atom stereocenters. The highest BCUT2D eigenvalue weighted by Gasteiger charge is 2.10. The van der Waals surface area contributed by atoms with Crippen LogP contribution in [-0.2, 0) is 10.0 Å². The summed E-state index contributed by atoms with van der Waals surface area (Å²) in [6.07, 6.45) is 1.45. The smallest absolute Gasteiger partial charge is 0.255 e. The minimum Gasteiger partial charge on any atom is -0.481 e. The molecule has 0 saturated carbocycles. The fraction of sp³-hybridized carbons (Fsp3) is 0.0769. The molecule has 0 unspecified atom stereocenters. The normalized spacial score (nSPS) is 11.0. The molecule has 2 aromatic rings. The van der Waals surface area contributed by atoms with Crippen LogP contribution in [0.4, 0.5) is 5.69 Å². The molecule has 1 aromatic heterocycles. The van der Waals surface area contributed by atoms with E-state index in [1.165, 1.54) is 37.6 Å². The molecule has 2 rings (SSSR count). The Morgan fingerprint density at radius 1 is 1.19 bits per heavy atom. The Kier molecular flexibility index (Phi) is 4.20. The molecule has 0 aliphatic carbocycles. The predicted octanol–water partition coefficient (Wildman–Crippen LogP) is 0.990. The number of benzene rings is 1. The van der Waals surface area contributed by atoms with E-state index in [-0.39, 0.29) is 10.8 Å². The minimum atomic E-state index is -3.77. The quantitative estimate of drug-likeness (QED) is 0.875. The van der Waals surface area contributed by atoms with Crippen molar-refractivity contribution < 1.29 is 17.9 Å². The van der Waals surface area contributed by atoms with Gasteiger partial charge in [0.25, 0.3) is 5.91 Å². The van der Waals surface area contributed by atoms with Crippen molar-refractivity contribution in [2.24, 2.45) is 5.14 Å². The Morgan fingerprint density at radius 3 is 2.33 bits per heavy atom. The Morgan fingerprint density at radius 2 is 1.86 bits per heavy atom. The third kappa shape index (κ3) is 3.77. The summed E-state index contributed by atoms with van der Waals surface area (Å²) in [5, 5.41) is 7.62. The zero-order valence-corrected chi connectivity index (χ0v) is 11.9. The predicted molar refractivity (Wildman–Crippen MR) is 76.6 cm³/mol. The van der Waals surface area contributed by atoms with E-state index in [9.17, 15) is 13.2 Å². The van der Waals surface area contributed by atoms with Gasteiger partial charge in [-0.3, -0.25) is 4.79 Å². The highest BCUT2D eigenvalue weighted by molar-refractivity contribution is 7.89. The number of primary sulfonamides is 1. The Labute approximate surface area is 121 Å². The van der Waals surface area contributed by atoms with Crippen LogP contribution in [0, 0.1) is 0 Å². The second kappa shape index (κ2) is 5.90. The van der Waals surface area contributed by atoms with Gasteiger partial charge in [0, 0.05) is 11.6 Å². The van der Waals surface area contributed by atoms with Gasteiger partial charge in [-0.1, -0.05) is 0 Å². The molecule has 0 aliphatic heterocycles. The molecule has 0 saturated heterocycles. The number of hydrogen-bond donors (Lipinski definition) is 2. The number of carbonyl (C=O) groups is 1. The van der Waals surface area contributed by atoms with Gasteiger partial charge < -0.3 is 10.1 Å². The Bertz CT molecular complexity index is 740. The van der Waals surface area contributed by atoms with Crippen LogP contribution >= 0.6 is 0 Å². The number of anilines is 1. The number of sulfonamides is 1. The van der Waals surface area contributed by atoms with Gasteiger partial charge in [-0.2, -0.15) is 0 Å². The summed E-state index contributed by atoms with van der Waals surface area (Å²) in [5.41, 5.74) is 0.801. The van der Waals surface area contributed by atoms with Crippen molar-refractivity contribution in [3.63, 3.8) is 0 Å². The first-order chi connectivity index (χ1) is 9.90. The lowest BCUT2D eigenvalue weighted by molar-refractivity contribution is 0.102. The molecule has 3 N–H and O–H groups in total. The van der Waals surface area contributed by atoms with Crippen LogP contribution in [0.3, 0.4) is 0 Å². The van der Waals surface area contributed by atoms with Crippen molar-refractivity contribution in [2.75, 3.05) is 12.4 Å². The van der Waals surface area contributed by atoms with Crippen molar-refractivity contribution in [1.29, 1.82) is 0 Å². The van der Waals surface area contributed by atoms with Crippen LogP contribution in [0.25, 0.3) is 0 Å². The molecule has 1 aromatic carbocycles. The molecular weight excluding hydrogens is 294 g/mol. The molecule has 8 heteroatoms. The Hall–Kier alpha value is -2.45. The molecule has 1 heterocycles. The van der Waals surface area contributed by atoms with Crippen LogP contribution in [0.2, 0.25) is 0 Å². The summed E-state index contributed by atoms with van der Waals surface area (Å²) in [6, 6.07) is 8.56. The van der Waals surface area contributed by atoms with E-state index in [1.807, 2.05) is 0 Å². The molecule has 0 spiro atoms. The first-order valence-electron chi connectivity index (χ1n) is 5.84. The lowest BCUT2D eigenvalue weighted by Gasteiger charge is -2.06. The van der Waals surface area contributed by atoms with Gasteiger partial charge in [0.15, 0.2) is 0 Å². The van der Waals surface area contributed by atoms with Crippen molar-refractivity contribution in [2.45, 2.75) is 4.90 Å². The van der Waals surface area contributed by atoms with E-state index >= 15 is 0 Å². The number of hydrogen-bond acceptors (Lipinski definition) is 5. The van der Waals surface area contributed by atoms with Gasteiger partial charge in [-0.05, 0) is 30.3 Å². The number of aromatic nitrogens is 1. The van der Waals surface area contributed by atoms with E-state index in [1.54, 1.807) is 12.1 Å². The highest BCUT2D eigenvalue weighted by Crippen LogP contribution is 2.13. The van der Waals surface area contributed by atoms with Crippen molar-refractivity contribution in [1.82, 2.24) is 4.98 Å². The van der Waals surface area contributed by atoms with E-state index < -0.39 is 10.0 Å². The highest BCUT2D eigenvalue weighted by atomic mass is 32.2. The molecule has 110 valence electrons. The van der Waals surface area contributed by atoms with Gasteiger partial charge in [-0.25, -0.2) is 18.5 Å². The number of pyridine rings is 1. The average Bonchev–Trinajstić information content (AvgIpc) is 2.47. The molecule has 1 amide bonds. The van der Waals surface area contributed by atoms with Crippen LogP contribution < -0.4 is 15.2 Å². The number of nitrogens with two attached hydrogens (primary N) is 1. The topological polar surface area (TPSA) is 111 Å². The summed E-state index contributed by atoms with van der Waals surface area (Å²) in [6.45, 7) is 0. The molecule has 0 fully saturated rings. The first kappa shape index (κ1) is 14.9. The maximum atomic E-state index is 12.0. The van der Waals surface area contributed by atoms with Crippen LogP contribution in [0.15, 0.2) is 47.5 Å². The SMILES string of the molecule is COc1ccc(NC(=O)c2ccc(S(N)(=O)=O)cc2)cn1. The summed E-state index contributed by atoms with van der Waals surface area (Å²) in [4.78, 5) is 15.9. The number of nitrogens with zero attached hydrogens (tertiary/aromatic N) is 1. The van der Waals surface area contributed by atoms with Crippen molar-refractivity contribution in [3.05, 3.63) is 48.2 Å². The van der Waals surface area contributed by atoms with E-state index in [0.717, 1.165) is 0 Å². The van der Waals surface area contributed by atoms with Gasteiger partial charge >= 0.3 is 0 Å². The van der Waals surface area contributed by atoms with Crippen molar-refractivity contribution >= 4 is 21.6 Å². The number of ether oxygens (including phenoxy) is 1. The zero-order chi connectivity index (χ0) is 15.5. The lowest BCUT2D eigenvalue weighted by atomic mass is 10.2. The minimum absolute atomic E-state index is 0.0508. The maximum absolute atomic E-state index is 12.0. The van der Waals surface area contributed by atoms with Crippen LogP contribution in [0.5, 0.6) is 5.88 Å². The standard InChI is InChI=1S/C13H13N3O4S/c1-20-12-7-4-10(8-15-12)16-13(17)9-2-5-11(6-3-9)21(14,18)19/h2-8H,1H3,(H,16,17)(H2,14,18,19). The van der Waals surface area contributed by atoms with Crippen LogP contribution in [0.1, 0.15) is 10.4 Å². The molecule has 7 nitrogen and oxygen atoms in total. The third-order valence-corrected chi connectivity index (χ3v) is 3.58. The molecule has 0 radical (unpaired) electrons. The van der Waals surface area contributed by atoms with Gasteiger partial charge in [0.2, 0.25) is 15.9 Å². The fourth-order valence-electron chi connectivity index (χ4n) is 1.57. The number of rotatable bonds is 4. The Balaban J connectivity index is 2.12. The third-order valence-electron chi connectivity index (χ3n) is 2.65. The summed E-state index contributed by atoms with van der Waals surface area (Å²) in [7, 11) is -2.27.